The molecule has 2 heteroatoms. The lowest BCUT2D eigenvalue weighted by molar-refractivity contribution is 0.708. The number of nitrogens with zero attached hydrogens (tertiary/aromatic N) is 2. The van der Waals surface area contributed by atoms with Crippen LogP contribution in [0.15, 0.2) is 266 Å². The molecule has 9 aromatic carbocycles. The molecule has 330 valence electrons. The maximum atomic E-state index is 2.36. The minimum Gasteiger partial charge on any atom is -0.311 e. The predicted octanol–water partition coefficient (Wildman–Crippen LogP) is 18.6. The average Bonchev–Trinajstić information content (AvgIpc) is 3.40. The summed E-state index contributed by atoms with van der Waals surface area (Å²) in [6.07, 6.45) is 7.88. The number of allylic oxidation sites excluding steroid dienone is 5. The van der Waals surface area contributed by atoms with Crippen LogP contribution in [0.25, 0.3) is 33.4 Å². The Balaban J connectivity index is 1.02. The van der Waals surface area contributed by atoms with Crippen molar-refractivity contribution in [3.63, 3.8) is 0 Å². The highest BCUT2D eigenvalue weighted by Gasteiger charge is 2.23. The molecule has 0 fully saturated rings. The van der Waals surface area contributed by atoms with Crippen LogP contribution in [-0.4, -0.2) is 0 Å². The third kappa shape index (κ3) is 9.41. The van der Waals surface area contributed by atoms with E-state index in [0.29, 0.717) is 11.8 Å². The summed E-state index contributed by atoms with van der Waals surface area (Å²) in [5.74, 6) is 0.801. The van der Waals surface area contributed by atoms with Gasteiger partial charge in [-0.3, -0.25) is 0 Å². The van der Waals surface area contributed by atoms with Gasteiger partial charge in [0.05, 0.1) is 0 Å². The second-order valence-electron chi connectivity index (χ2n) is 18.0. The Morgan fingerprint density at radius 3 is 1.01 bits per heavy atom. The fraction of sp³-hybridized carbons (Fsp3) is 0.0909. The third-order valence-electron chi connectivity index (χ3n) is 13.2. The van der Waals surface area contributed by atoms with Crippen molar-refractivity contribution in [3.8, 4) is 22.3 Å². The molecule has 0 saturated heterocycles. The largest absolute Gasteiger partial charge is 0.311 e. The van der Waals surface area contributed by atoms with E-state index in [1.807, 2.05) is 0 Å². The standard InChI is InChI=1S/C66H56N2/c1-48(2)50-28-34-55(35-29-50)65(56-36-30-51(31-37-56)53-40-44-62(45-41-53)67(58-19-8-4-9-20-58)59-21-10-5-11-22-59)66(64-27-17-16-18-49(64)3)57-38-32-52(33-39-57)54-42-46-63(47-43-54)68(60-23-12-6-13-24-60)61-25-14-7-15-26-61/h4-17,19-49H,18H2,1-3H3/b66-65+. The molecular formula is C66H56N2. The van der Waals surface area contributed by atoms with Gasteiger partial charge in [-0.1, -0.05) is 209 Å². The van der Waals surface area contributed by atoms with Crippen LogP contribution in [0, 0.1) is 5.92 Å². The molecule has 1 aliphatic rings. The van der Waals surface area contributed by atoms with Crippen molar-refractivity contribution in [2.75, 3.05) is 9.80 Å². The minimum atomic E-state index is 0.355. The Hall–Kier alpha value is -8.20. The van der Waals surface area contributed by atoms with Gasteiger partial charge in [0.2, 0.25) is 0 Å². The molecule has 9 aromatic rings. The number of para-hydroxylation sites is 4. The summed E-state index contributed by atoms with van der Waals surface area (Å²) in [5, 5.41) is 0. The number of benzene rings is 9. The van der Waals surface area contributed by atoms with Gasteiger partial charge in [0.15, 0.2) is 0 Å². The summed E-state index contributed by atoms with van der Waals surface area (Å²) in [6, 6.07) is 88.0. The molecule has 0 aromatic heterocycles. The van der Waals surface area contributed by atoms with Crippen LogP contribution >= 0.6 is 0 Å². The van der Waals surface area contributed by atoms with Crippen molar-refractivity contribution in [3.05, 3.63) is 289 Å². The summed E-state index contributed by atoms with van der Waals surface area (Å²) in [5.41, 5.74) is 20.3. The first kappa shape index (κ1) is 43.7. The maximum absolute atomic E-state index is 2.36. The van der Waals surface area contributed by atoms with Crippen LogP contribution in [0.1, 0.15) is 55.4 Å². The summed E-state index contributed by atoms with van der Waals surface area (Å²) in [7, 11) is 0. The quantitative estimate of drug-likeness (QED) is 0.107. The molecule has 68 heavy (non-hydrogen) atoms. The van der Waals surface area contributed by atoms with Gasteiger partial charge in [-0.05, 0) is 152 Å². The first-order valence-corrected chi connectivity index (χ1v) is 23.9. The van der Waals surface area contributed by atoms with E-state index in [9.17, 15) is 0 Å². The summed E-state index contributed by atoms with van der Waals surface area (Å²) >= 11 is 0. The lowest BCUT2D eigenvalue weighted by Gasteiger charge is -2.26. The Bertz CT molecular complexity index is 3070. The summed E-state index contributed by atoms with van der Waals surface area (Å²) in [4.78, 5) is 4.61. The maximum Gasteiger partial charge on any atom is 0.0462 e. The number of hydrogen-bond acceptors (Lipinski definition) is 2. The van der Waals surface area contributed by atoms with Crippen LogP contribution in [-0.2, 0) is 0 Å². The molecule has 0 amide bonds. The Labute approximate surface area is 403 Å². The molecule has 0 aliphatic heterocycles. The SMILES string of the molecule is CC1CC=CC=C1/C(=C(/c1ccc(-c2ccc(N(c3ccccc3)c3ccccc3)cc2)cc1)c1ccc(C(C)C)cc1)c1ccc(-c2ccc(N(c3ccccc3)c3ccccc3)cc2)cc1. The molecular weight excluding hydrogens is 821 g/mol. The van der Waals surface area contributed by atoms with Gasteiger partial charge >= 0.3 is 0 Å². The molecule has 0 heterocycles. The average molecular weight is 877 g/mol. The van der Waals surface area contributed by atoms with Crippen molar-refractivity contribution in [1.29, 1.82) is 0 Å². The van der Waals surface area contributed by atoms with Crippen LogP contribution < -0.4 is 9.80 Å². The van der Waals surface area contributed by atoms with E-state index in [1.165, 1.54) is 61.2 Å². The second kappa shape index (κ2) is 20.1. The van der Waals surface area contributed by atoms with Crippen LogP contribution in [0.4, 0.5) is 34.1 Å². The van der Waals surface area contributed by atoms with Gasteiger partial charge < -0.3 is 9.80 Å². The van der Waals surface area contributed by atoms with Crippen molar-refractivity contribution in [1.82, 2.24) is 0 Å². The summed E-state index contributed by atoms with van der Waals surface area (Å²) < 4.78 is 0. The van der Waals surface area contributed by atoms with Crippen LogP contribution in [0.2, 0.25) is 0 Å². The highest BCUT2D eigenvalue weighted by atomic mass is 15.1. The lowest BCUT2D eigenvalue weighted by atomic mass is 9.78. The van der Waals surface area contributed by atoms with Gasteiger partial charge in [-0.15, -0.1) is 0 Å². The topological polar surface area (TPSA) is 6.48 Å². The van der Waals surface area contributed by atoms with E-state index >= 15 is 0 Å². The number of anilines is 6. The van der Waals surface area contributed by atoms with Crippen LogP contribution in [0.3, 0.4) is 0 Å². The van der Waals surface area contributed by atoms with Crippen molar-refractivity contribution in [2.45, 2.75) is 33.1 Å². The normalized spacial score (nSPS) is 13.7. The zero-order chi connectivity index (χ0) is 46.2. The highest BCUT2D eigenvalue weighted by Crippen LogP contribution is 2.43. The fourth-order valence-electron chi connectivity index (χ4n) is 9.49. The van der Waals surface area contributed by atoms with E-state index in [4.69, 9.17) is 0 Å². The predicted molar refractivity (Wildman–Crippen MR) is 291 cm³/mol. The molecule has 0 bridgehead atoms. The van der Waals surface area contributed by atoms with E-state index in [-0.39, 0.29) is 0 Å². The van der Waals surface area contributed by atoms with Gasteiger partial charge in [-0.2, -0.15) is 0 Å². The Morgan fingerprint density at radius 2 is 0.676 bits per heavy atom. The Kier molecular flexibility index (Phi) is 12.9. The first-order valence-electron chi connectivity index (χ1n) is 23.9. The molecule has 1 atom stereocenters. The molecule has 1 aliphatic carbocycles. The molecule has 10 rings (SSSR count). The monoisotopic (exact) mass is 876 g/mol. The highest BCUT2D eigenvalue weighted by molar-refractivity contribution is 6.05. The number of hydrogen-bond donors (Lipinski definition) is 0. The van der Waals surface area contributed by atoms with Gasteiger partial charge in [0.25, 0.3) is 0 Å². The van der Waals surface area contributed by atoms with Gasteiger partial charge in [-0.25, -0.2) is 0 Å². The smallest absolute Gasteiger partial charge is 0.0462 e. The summed E-state index contributed by atoms with van der Waals surface area (Å²) in [6.45, 7) is 6.89. The van der Waals surface area contributed by atoms with Crippen molar-refractivity contribution in [2.24, 2.45) is 5.92 Å². The number of rotatable bonds is 13. The van der Waals surface area contributed by atoms with E-state index in [2.05, 4.69) is 291 Å². The van der Waals surface area contributed by atoms with E-state index in [1.54, 1.807) is 0 Å². The molecule has 0 spiro atoms. The molecule has 0 N–H and O–H groups in total. The van der Waals surface area contributed by atoms with E-state index < -0.39 is 0 Å². The molecule has 1 unspecified atom stereocenters. The van der Waals surface area contributed by atoms with Crippen molar-refractivity contribution >= 4 is 45.3 Å². The van der Waals surface area contributed by atoms with E-state index in [0.717, 1.165) is 40.5 Å². The molecule has 0 saturated carbocycles. The zero-order valence-corrected chi connectivity index (χ0v) is 39.1. The first-order chi connectivity index (χ1) is 33.5. The minimum absolute atomic E-state index is 0.355. The molecule has 2 nitrogen and oxygen atoms in total. The molecule has 0 radical (unpaired) electrons. The third-order valence-corrected chi connectivity index (χ3v) is 13.2. The van der Waals surface area contributed by atoms with Gasteiger partial charge in [0, 0.05) is 34.1 Å². The van der Waals surface area contributed by atoms with Crippen LogP contribution in [0.5, 0.6) is 0 Å². The van der Waals surface area contributed by atoms with Gasteiger partial charge in [0.1, 0.15) is 0 Å². The fourth-order valence-corrected chi connectivity index (χ4v) is 9.49. The zero-order valence-electron chi connectivity index (χ0n) is 39.1. The van der Waals surface area contributed by atoms with Crippen molar-refractivity contribution < 1.29 is 0 Å². The lowest BCUT2D eigenvalue weighted by Crippen LogP contribution is -2.09. The second-order valence-corrected chi connectivity index (χ2v) is 18.0. The Morgan fingerprint density at radius 1 is 0.368 bits per heavy atom.